The van der Waals surface area contributed by atoms with E-state index in [0.29, 0.717) is 5.65 Å². The summed E-state index contributed by atoms with van der Waals surface area (Å²) in [5, 5.41) is 0. The van der Waals surface area contributed by atoms with Crippen LogP contribution in [0.1, 0.15) is 5.69 Å². The highest BCUT2D eigenvalue weighted by Crippen LogP contribution is 2.00. The van der Waals surface area contributed by atoms with Crippen LogP contribution >= 0.6 is 0 Å². The van der Waals surface area contributed by atoms with Crippen molar-refractivity contribution in [1.82, 2.24) is 9.38 Å². The lowest BCUT2D eigenvalue weighted by atomic mass is 10.3. The van der Waals surface area contributed by atoms with Gasteiger partial charge in [-0.1, -0.05) is 6.07 Å². The first-order valence-electron chi connectivity index (χ1n) is 3.72. The van der Waals surface area contributed by atoms with Crippen LogP contribution in [0.15, 0.2) is 35.3 Å². The first-order chi connectivity index (χ1) is 5.77. The standard InChI is InChI=1S/C9H8N2O/c1-7-3-2-4-8-10-9(12)5-6-11(7)8/h2-6H,1H3. The van der Waals surface area contributed by atoms with Crippen LogP contribution in [0.3, 0.4) is 0 Å². The lowest BCUT2D eigenvalue weighted by molar-refractivity contribution is 1.02. The van der Waals surface area contributed by atoms with E-state index in [-0.39, 0.29) is 5.56 Å². The molecular weight excluding hydrogens is 152 g/mol. The minimum Gasteiger partial charge on any atom is -0.306 e. The summed E-state index contributed by atoms with van der Waals surface area (Å²) in [6.45, 7) is 1.97. The predicted molar refractivity (Wildman–Crippen MR) is 46.2 cm³/mol. The van der Waals surface area contributed by atoms with E-state index in [4.69, 9.17) is 0 Å². The van der Waals surface area contributed by atoms with Gasteiger partial charge in [0.2, 0.25) is 0 Å². The molecule has 12 heavy (non-hydrogen) atoms. The zero-order valence-corrected chi connectivity index (χ0v) is 6.69. The monoisotopic (exact) mass is 160 g/mol. The third-order valence-electron chi connectivity index (χ3n) is 1.80. The lowest BCUT2D eigenvalue weighted by Gasteiger charge is -2.01. The van der Waals surface area contributed by atoms with Gasteiger partial charge in [-0.2, -0.15) is 4.98 Å². The quantitative estimate of drug-likeness (QED) is 0.576. The van der Waals surface area contributed by atoms with Crippen LogP contribution in [-0.2, 0) is 0 Å². The number of nitrogens with zero attached hydrogens (tertiary/aromatic N) is 2. The molecule has 0 aliphatic heterocycles. The highest BCUT2D eigenvalue weighted by molar-refractivity contribution is 5.38. The van der Waals surface area contributed by atoms with Gasteiger partial charge in [0.05, 0.1) is 0 Å². The van der Waals surface area contributed by atoms with Crippen molar-refractivity contribution in [3.63, 3.8) is 0 Å². The van der Waals surface area contributed by atoms with E-state index in [0.717, 1.165) is 5.69 Å². The summed E-state index contributed by atoms with van der Waals surface area (Å²) in [6, 6.07) is 7.13. The Bertz CT molecular complexity index is 473. The summed E-state index contributed by atoms with van der Waals surface area (Å²) in [5.41, 5.74) is 1.57. The van der Waals surface area contributed by atoms with E-state index in [1.807, 2.05) is 29.5 Å². The number of pyridine rings is 1. The smallest absolute Gasteiger partial charge is 0.273 e. The summed E-state index contributed by atoms with van der Waals surface area (Å²) in [4.78, 5) is 14.7. The molecule has 2 aromatic rings. The average molecular weight is 160 g/mol. The van der Waals surface area contributed by atoms with Gasteiger partial charge in [-0.15, -0.1) is 0 Å². The molecule has 0 fully saturated rings. The molecule has 60 valence electrons. The number of hydrogen-bond donors (Lipinski definition) is 0. The van der Waals surface area contributed by atoms with Gasteiger partial charge in [0.15, 0.2) is 0 Å². The molecule has 0 radical (unpaired) electrons. The molecule has 3 heteroatoms. The molecule has 0 saturated heterocycles. The number of aryl methyl sites for hydroxylation is 1. The summed E-state index contributed by atoms with van der Waals surface area (Å²) in [5.74, 6) is 0. The van der Waals surface area contributed by atoms with Crippen molar-refractivity contribution < 1.29 is 0 Å². The number of rotatable bonds is 0. The maximum absolute atomic E-state index is 10.9. The van der Waals surface area contributed by atoms with Crippen LogP contribution < -0.4 is 5.56 Å². The number of fused-ring (bicyclic) bond motifs is 1. The maximum Gasteiger partial charge on any atom is 0.273 e. The van der Waals surface area contributed by atoms with Gasteiger partial charge in [-0.25, -0.2) is 0 Å². The fourth-order valence-electron chi connectivity index (χ4n) is 1.19. The second-order valence-electron chi connectivity index (χ2n) is 2.66. The molecule has 0 amide bonds. The van der Waals surface area contributed by atoms with Crippen LogP contribution in [0, 0.1) is 6.92 Å². The molecular formula is C9H8N2O. The Balaban J connectivity index is 2.96. The molecule has 0 bridgehead atoms. The lowest BCUT2D eigenvalue weighted by Crippen LogP contribution is -2.07. The van der Waals surface area contributed by atoms with Gasteiger partial charge in [0, 0.05) is 18.0 Å². The van der Waals surface area contributed by atoms with Crippen molar-refractivity contribution in [1.29, 1.82) is 0 Å². The van der Waals surface area contributed by atoms with Gasteiger partial charge >= 0.3 is 0 Å². The van der Waals surface area contributed by atoms with Gasteiger partial charge in [0.1, 0.15) is 5.65 Å². The highest BCUT2D eigenvalue weighted by atomic mass is 16.1. The van der Waals surface area contributed by atoms with Crippen LogP contribution in [0.25, 0.3) is 5.65 Å². The normalized spacial score (nSPS) is 10.4. The van der Waals surface area contributed by atoms with E-state index in [1.54, 1.807) is 6.20 Å². The molecule has 3 nitrogen and oxygen atoms in total. The van der Waals surface area contributed by atoms with E-state index < -0.39 is 0 Å². The first kappa shape index (κ1) is 7.03. The van der Waals surface area contributed by atoms with Gasteiger partial charge in [-0.05, 0) is 19.1 Å². The fourth-order valence-corrected chi connectivity index (χ4v) is 1.19. The molecule has 0 saturated carbocycles. The molecule has 0 aliphatic carbocycles. The molecule has 0 aliphatic rings. The Labute approximate surface area is 69.3 Å². The largest absolute Gasteiger partial charge is 0.306 e. The summed E-state index contributed by atoms with van der Waals surface area (Å²) < 4.78 is 1.88. The van der Waals surface area contributed by atoms with Crippen molar-refractivity contribution in [3.8, 4) is 0 Å². The van der Waals surface area contributed by atoms with Crippen molar-refractivity contribution >= 4 is 5.65 Å². The fraction of sp³-hybridized carbons (Fsp3) is 0.111. The second-order valence-corrected chi connectivity index (χ2v) is 2.66. The zero-order valence-electron chi connectivity index (χ0n) is 6.69. The predicted octanol–water partition coefficient (Wildman–Crippen LogP) is 1.00. The van der Waals surface area contributed by atoms with Crippen LogP contribution in [-0.4, -0.2) is 9.38 Å². The van der Waals surface area contributed by atoms with Crippen LogP contribution in [0.2, 0.25) is 0 Å². The van der Waals surface area contributed by atoms with E-state index in [1.165, 1.54) is 6.07 Å². The van der Waals surface area contributed by atoms with Gasteiger partial charge < -0.3 is 4.40 Å². The Hall–Kier alpha value is -1.64. The van der Waals surface area contributed by atoms with Crippen molar-refractivity contribution in [3.05, 3.63) is 46.5 Å². The average Bonchev–Trinajstić information content (AvgIpc) is 2.04. The molecule has 0 N–H and O–H groups in total. The third kappa shape index (κ3) is 0.993. The van der Waals surface area contributed by atoms with Gasteiger partial charge in [-0.3, -0.25) is 4.79 Å². The molecule has 2 aromatic heterocycles. The Morgan fingerprint density at radius 3 is 3.00 bits per heavy atom. The SMILES string of the molecule is Cc1cccc2nc(=O)ccn12. The third-order valence-corrected chi connectivity index (χ3v) is 1.80. The van der Waals surface area contributed by atoms with Crippen molar-refractivity contribution in [2.45, 2.75) is 6.92 Å². The maximum atomic E-state index is 10.9. The van der Waals surface area contributed by atoms with E-state index >= 15 is 0 Å². The molecule has 0 unspecified atom stereocenters. The Morgan fingerprint density at radius 1 is 1.33 bits per heavy atom. The first-order valence-corrected chi connectivity index (χ1v) is 3.72. The van der Waals surface area contributed by atoms with E-state index in [9.17, 15) is 4.79 Å². The summed E-state index contributed by atoms with van der Waals surface area (Å²) in [6.07, 6.45) is 1.74. The molecule has 0 aromatic carbocycles. The van der Waals surface area contributed by atoms with Crippen molar-refractivity contribution in [2.24, 2.45) is 0 Å². The molecule has 2 rings (SSSR count). The highest BCUT2D eigenvalue weighted by Gasteiger charge is 1.94. The van der Waals surface area contributed by atoms with Crippen LogP contribution in [0.5, 0.6) is 0 Å². The minimum absolute atomic E-state index is 0.194. The number of hydrogen-bond acceptors (Lipinski definition) is 2. The van der Waals surface area contributed by atoms with E-state index in [2.05, 4.69) is 4.98 Å². The van der Waals surface area contributed by atoms with Gasteiger partial charge in [0.25, 0.3) is 5.56 Å². The zero-order chi connectivity index (χ0) is 8.55. The second kappa shape index (κ2) is 2.44. The minimum atomic E-state index is -0.194. The topological polar surface area (TPSA) is 34.4 Å². The Morgan fingerprint density at radius 2 is 2.17 bits per heavy atom. The summed E-state index contributed by atoms with van der Waals surface area (Å²) >= 11 is 0. The van der Waals surface area contributed by atoms with Crippen molar-refractivity contribution in [2.75, 3.05) is 0 Å². The molecule has 2 heterocycles. The molecule has 0 atom stereocenters. The summed E-state index contributed by atoms with van der Waals surface area (Å²) in [7, 11) is 0. The molecule has 0 spiro atoms. The number of aromatic nitrogens is 2. The Kier molecular flexibility index (Phi) is 1.43. The van der Waals surface area contributed by atoms with Crippen LogP contribution in [0.4, 0.5) is 0 Å².